The molecule has 0 aromatic carbocycles. The summed E-state index contributed by atoms with van der Waals surface area (Å²) >= 11 is 7.36. The first-order chi connectivity index (χ1) is 10.2. The molecule has 1 aliphatic carbocycles. The number of carbonyl (C=O) groups is 1. The number of rotatable bonds is 5. The third-order valence-corrected chi connectivity index (χ3v) is 4.78. The molecule has 1 amide bonds. The number of halogens is 1. The third kappa shape index (κ3) is 4.31. The van der Waals surface area contributed by atoms with Gasteiger partial charge in [-0.25, -0.2) is 9.97 Å². The van der Waals surface area contributed by atoms with Gasteiger partial charge in [0.05, 0.1) is 11.2 Å². The average molecular weight is 330 g/mol. The van der Waals surface area contributed by atoms with Gasteiger partial charge >= 0.3 is 0 Å². The van der Waals surface area contributed by atoms with Crippen LogP contribution in [0.25, 0.3) is 0 Å². The molecular weight excluding hydrogens is 310 g/mol. The Kier molecular flexibility index (Phi) is 6.26. The number of aromatic nitrogens is 2. The molecule has 1 aliphatic rings. The van der Waals surface area contributed by atoms with Crippen LogP contribution in [0, 0.1) is 11.8 Å². The van der Waals surface area contributed by atoms with Crippen LogP contribution in [0.2, 0.25) is 5.02 Å². The summed E-state index contributed by atoms with van der Waals surface area (Å²) in [7, 11) is 0. The first kappa shape index (κ1) is 16.5. The average Bonchev–Trinajstić information content (AvgIpc) is 2.53. The van der Waals surface area contributed by atoms with Crippen LogP contribution in [-0.4, -0.2) is 40.4 Å². The van der Waals surface area contributed by atoms with Crippen LogP contribution in [0.3, 0.4) is 0 Å². The Balaban J connectivity index is 1.98. The van der Waals surface area contributed by atoms with E-state index in [2.05, 4.69) is 15.3 Å². The van der Waals surface area contributed by atoms with Gasteiger partial charge in [-0.1, -0.05) is 36.2 Å². The van der Waals surface area contributed by atoms with Crippen molar-refractivity contribution in [1.82, 2.24) is 15.3 Å². The molecule has 2 rings (SSSR count). The Morgan fingerprint density at radius 1 is 1.48 bits per heavy atom. The van der Waals surface area contributed by atoms with E-state index in [1.807, 2.05) is 6.26 Å². The molecule has 2 N–H and O–H groups in total. The molecular formula is C14H20ClN3O2S. The fourth-order valence-corrected chi connectivity index (χ4v) is 3.23. The Morgan fingerprint density at radius 2 is 2.19 bits per heavy atom. The van der Waals surface area contributed by atoms with Crippen LogP contribution < -0.4 is 5.32 Å². The zero-order chi connectivity index (χ0) is 15.2. The molecule has 21 heavy (non-hydrogen) atoms. The summed E-state index contributed by atoms with van der Waals surface area (Å²) in [4.78, 5) is 20.4. The number of nitrogens with one attached hydrogen (secondary N) is 1. The monoisotopic (exact) mass is 329 g/mol. The normalized spacial score (nSPS) is 22.0. The maximum atomic E-state index is 12.2. The Bertz CT molecular complexity index is 501. The van der Waals surface area contributed by atoms with Crippen molar-refractivity contribution in [1.29, 1.82) is 0 Å². The molecule has 2 unspecified atom stereocenters. The second kappa shape index (κ2) is 7.96. The highest BCUT2D eigenvalue weighted by atomic mass is 35.5. The van der Waals surface area contributed by atoms with Gasteiger partial charge in [0, 0.05) is 13.2 Å². The van der Waals surface area contributed by atoms with Crippen molar-refractivity contribution in [2.75, 3.05) is 19.4 Å². The fraction of sp³-hybridized carbons (Fsp3) is 0.643. The lowest BCUT2D eigenvalue weighted by molar-refractivity contribution is 0.0904. The minimum absolute atomic E-state index is 0.186. The topological polar surface area (TPSA) is 75.1 Å². The van der Waals surface area contributed by atoms with E-state index in [0.717, 1.165) is 25.7 Å². The Labute approximate surface area is 133 Å². The highest BCUT2D eigenvalue weighted by Gasteiger charge is 2.25. The number of hydrogen-bond acceptors (Lipinski definition) is 5. The number of hydrogen-bond donors (Lipinski definition) is 2. The molecule has 2 atom stereocenters. The van der Waals surface area contributed by atoms with Crippen LogP contribution >= 0.6 is 23.4 Å². The SMILES string of the molecule is CSc1ncc(Cl)c(C(=O)NCC2CCCCC2CO)n1. The molecule has 7 heteroatoms. The van der Waals surface area contributed by atoms with Crippen molar-refractivity contribution in [3.63, 3.8) is 0 Å². The molecule has 1 heterocycles. The molecule has 0 bridgehead atoms. The van der Waals surface area contributed by atoms with Gasteiger partial charge in [-0.05, 0) is 30.9 Å². The van der Waals surface area contributed by atoms with Crippen LogP contribution in [0.15, 0.2) is 11.4 Å². The molecule has 5 nitrogen and oxygen atoms in total. The number of carbonyl (C=O) groups excluding carboxylic acids is 1. The number of thioether (sulfide) groups is 1. The fourth-order valence-electron chi connectivity index (χ4n) is 2.71. The van der Waals surface area contributed by atoms with Gasteiger partial charge in [-0.15, -0.1) is 0 Å². The van der Waals surface area contributed by atoms with E-state index in [9.17, 15) is 9.90 Å². The molecule has 0 spiro atoms. The zero-order valence-corrected chi connectivity index (χ0v) is 13.6. The molecule has 1 aromatic rings. The van der Waals surface area contributed by atoms with Gasteiger partial charge in [0.2, 0.25) is 0 Å². The van der Waals surface area contributed by atoms with E-state index in [4.69, 9.17) is 11.6 Å². The summed E-state index contributed by atoms with van der Waals surface area (Å²) in [5.74, 6) is 0.329. The minimum Gasteiger partial charge on any atom is -0.396 e. The molecule has 0 saturated heterocycles. The van der Waals surface area contributed by atoms with E-state index < -0.39 is 0 Å². The quantitative estimate of drug-likeness (QED) is 0.641. The summed E-state index contributed by atoms with van der Waals surface area (Å²) in [5.41, 5.74) is 0.215. The van der Waals surface area contributed by atoms with E-state index in [1.165, 1.54) is 18.0 Å². The zero-order valence-electron chi connectivity index (χ0n) is 12.0. The molecule has 116 valence electrons. The van der Waals surface area contributed by atoms with Gasteiger partial charge in [-0.3, -0.25) is 4.79 Å². The lowest BCUT2D eigenvalue weighted by Crippen LogP contribution is -2.36. The lowest BCUT2D eigenvalue weighted by Gasteiger charge is -2.30. The lowest BCUT2D eigenvalue weighted by atomic mass is 9.79. The first-order valence-electron chi connectivity index (χ1n) is 7.11. The summed E-state index contributed by atoms with van der Waals surface area (Å²) in [6.45, 7) is 0.740. The second-order valence-corrected chi connectivity index (χ2v) is 6.43. The van der Waals surface area contributed by atoms with E-state index in [0.29, 0.717) is 17.6 Å². The summed E-state index contributed by atoms with van der Waals surface area (Å²) in [6, 6.07) is 0. The Hall–Kier alpha value is -0.850. The molecule has 1 saturated carbocycles. The van der Waals surface area contributed by atoms with Crippen molar-refractivity contribution in [2.24, 2.45) is 11.8 Å². The Morgan fingerprint density at radius 3 is 2.86 bits per heavy atom. The smallest absolute Gasteiger partial charge is 0.271 e. The maximum absolute atomic E-state index is 12.2. The molecule has 1 aromatic heterocycles. The largest absolute Gasteiger partial charge is 0.396 e. The molecule has 0 aliphatic heterocycles. The van der Waals surface area contributed by atoms with Crippen LogP contribution in [0.5, 0.6) is 0 Å². The number of nitrogens with zero attached hydrogens (tertiary/aromatic N) is 2. The number of amides is 1. The highest BCUT2D eigenvalue weighted by molar-refractivity contribution is 7.98. The van der Waals surface area contributed by atoms with Crippen molar-refractivity contribution >= 4 is 29.3 Å². The van der Waals surface area contributed by atoms with Crippen LogP contribution in [0.1, 0.15) is 36.2 Å². The predicted molar refractivity (Wildman–Crippen MR) is 83.7 cm³/mol. The van der Waals surface area contributed by atoms with Crippen LogP contribution in [-0.2, 0) is 0 Å². The van der Waals surface area contributed by atoms with E-state index >= 15 is 0 Å². The minimum atomic E-state index is -0.278. The summed E-state index contributed by atoms with van der Waals surface area (Å²) < 4.78 is 0. The predicted octanol–water partition coefficient (Wildman–Crippen LogP) is 2.38. The maximum Gasteiger partial charge on any atom is 0.271 e. The third-order valence-electron chi connectivity index (χ3n) is 3.95. The van der Waals surface area contributed by atoms with Crippen LogP contribution in [0.4, 0.5) is 0 Å². The van der Waals surface area contributed by atoms with E-state index in [1.54, 1.807) is 0 Å². The van der Waals surface area contributed by atoms with Crippen molar-refractivity contribution < 1.29 is 9.90 Å². The van der Waals surface area contributed by atoms with Crippen molar-refractivity contribution in [2.45, 2.75) is 30.8 Å². The second-order valence-electron chi connectivity index (χ2n) is 5.25. The number of aliphatic hydroxyl groups is 1. The highest BCUT2D eigenvalue weighted by Crippen LogP contribution is 2.29. The van der Waals surface area contributed by atoms with Gasteiger partial charge < -0.3 is 10.4 Å². The number of aliphatic hydroxyl groups excluding tert-OH is 1. The van der Waals surface area contributed by atoms with Gasteiger partial charge in [0.15, 0.2) is 10.9 Å². The molecule has 0 radical (unpaired) electrons. The van der Waals surface area contributed by atoms with E-state index in [-0.39, 0.29) is 29.1 Å². The van der Waals surface area contributed by atoms with Crippen molar-refractivity contribution in [3.05, 3.63) is 16.9 Å². The van der Waals surface area contributed by atoms with Gasteiger partial charge in [0.1, 0.15) is 0 Å². The first-order valence-corrected chi connectivity index (χ1v) is 8.71. The van der Waals surface area contributed by atoms with Gasteiger partial charge in [-0.2, -0.15) is 0 Å². The van der Waals surface area contributed by atoms with Crippen molar-refractivity contribution in [3.8, 4) is 0 Å². The van der Waals surface area contributed by atoms with Gasteiger partial charge in [0.25, 0.3) is 5.91 Å². The standard InChI is InChI=1S/C14H20ClN3O2S/c1-21-14-17-7-11(15)12(18-14)13(20)16-6-9-4-2-3-5-10(9)8-19/h7,9-10,19H,2-6,8H2,1H3,(H,16,20). The molecule has 1 fully saturated rings. The summed E-state index contributed by atoms with van der Waals surface area (Å²) in [6.07, 6.45) is 7.68. The summed E-state index contributed by atoms with van der Waals surface area (Å²) in [5, 5.41) is 13.1.